The Morgan fingerprint density at radius 1 is 0.471 bits per heavy atom. The zero-order chi connectivity index (χ0) is 13.0. The molecule has 0 aromatic heterocycles. The molecule has 0 saturated carbocycles. The molecule has 0 N–H and O–H groups in total. The second-order valence-electron chi connectivity index (χ2n) is 5.46. The van der Waals surface area contributed by atoms with Crippen LogP contribution in [0.15, 0.2) is 0 Å². The van der Waals surface area contributed by atoms with E-state index in [0.29, 0.717) is 0 Å². The van der Waals surface area contributed by atoms with Gasteiger partial charge in [-0.2, -0.15) is 0 Å². The summed E-state index contributed by atoms with van der Waals surface area (Å²) in [4.78, 5) is 0. The summed E-state index contributed by atoms with van der Waals surface area (Å²) >= 11 is -1.08. The van der Waals surface area contributed by atoms with Crippen molar-refractivity contribution in [2.24, 2.45) is 0 Å². The molecule has 0 aliphatic rings. The first-order chi connectivity index (χ1) is 8.24. The van der Waals surface area contributed by atoms with Crippen molar-refractivity contribution in [2.75, 3.05) is 0 Å². The second kappa shape index (κ2) is 11.6. The fourth-order valence-corrected chi connectivity index (χ4v) is 12.5. The van der Waals surface area contributed by atoms with Gasteiger partial charge < -0.3 is 0 Å². The normalized spacial score (nSPS) is 12.9. The van der Waals surface area contributed by atoms with Crippen LogP contribution in [-0.4, -0.2) is 12.8 Å². The molecule has 0 radical (unpaired) electrons. The molecule has 0 heterocycles. The average Bonchev–Trinajstić information content (AvgIpc) is 2.37. The Morgan fingerprint density at radius 3 is 0.882 bits per heavy atom. The fraction of sp³-hybridized carbons (Fsp3) is 1.00. The summed E-state index contributed by atoms with van der Waals surface area (Å²) in [7, 11) is 0. The summed E-state index contributed by atoms with van der Waals surface area (Å²) in [6, 6.07) is 0. The molecule has 0 unspecified atom stereocenters. The summed E-state index contributed by atoms with van der Waals surface area (Å²) in [6.45, 7) is 9.45. The molecule has 0 fully saturated rings. The van der Waals surface area contributed by atoms with E-state index in [1.54, 1.807) is 21.3 Å². The molecule has 0 aliphatic heterocycles. The predicted octanol–water partition coefficient (Wildman–Crippen LogP) is 6.64. The third kappa shape index (κ3) is 8.27. The van der Waals surface area contributed by atoms with Crippen molar-refractivity contribution in [3.05, 3.63) is 0 Å². The topological polar surface area (TPSA) is 0 Å². The summed E-state index contributed by atoms with van der Waals surface area (Å²) < 4.78 is 0. The second-order valence-corrected chi connectivity index (χ2v) is 14.0. The van der Waals surface area contributed by atoms with Gasteiger partial charge in [0.1, 0.15) is 0 Å². The Labute approximate surface area is 113 Å². The quantitative estimate of drug-likeness (QED) is 0.355. The maximum absolute atomic E-state index is 2.36. The molecular formula is C16H36Se. The van der Waals surface area contributed by atoms with E-state index < -0.39 is 12.8 Å². The van der Waals surface area contributed by atoms with Crippen LogP contribution in [0.5, 0.6) is 0 Å². The van der Waals surface area contributed by atoms with E-state index in [-0.39, 0.29) is 0 Å². The SMILES string of the molecule is CCCC[Se](CCCC)(CCCC)CCCC. The Morgan fingerprint density at radius 2 is 0.706 bits per heavy atom. The Bertz CT molecular complexity index is 116. The monoisotopic (exact) mass is 308 g/mol. The zero-order valence-corrected chi connectivity index (χ0v) is 14.6. The van der Waals surface area contributed by atoms with Gasteiger partial charge in [0.15, 0.2) is 0 Å². The number of rotatable bonds is 12. The number of unbranched alkanes of at least 4 members (excludes halogenated alkanes) is 4. The third-order valence-corrected chi connectivity index (χ3v) is 13.4. The van der Waals surface area contributed by atoms with Crippen molar-refractivity contribution in [3.8, 4) is 0 Å². The van der Waals surface area contributed by atoms with Crippen molar-refractivity contribution < 1.29 is 0 Å². The van der Waals surface area contributed by atoms with E-state index >= 15 is 0 Å². The Hall–Kier alpha value is 0.519. The fourth-order valence-electron chi connectivity index (χ4n) is 2.41. The summed E-state index contributed by atoms with van der Waals surface area (Å²) in [5, 5.41) is 6.58. The molecule has 0 amide bonds. The van der Waals surface area contributed by atoms with Crippen molar-refractivity contribution in [1.29, 1.82) is 0 Å². The van der Waals surface area contributed by atoms with Gasteiger partial charge in [0.05, 0.1) is 0 Å². The van der Waals surface area contributed by atoms with E-state index in [1.807, 2.05) is 0 Å². The van der Waals surface area contributed by atoms with Gasteiger partial charge in [-0.3, -0.25) is 0 Å². The first kappa shape index (κ1) is 17.5. The van der Waals surface area contributed by atoms with Crippen molar-refractivity contribution in [2.45, 2.75) is 100 Å². The Balaban J connectivity index is 4.39. The molecule has 0 rings (SSSR count). The molecule has 1 heteroatoms. The number of hydrogen-bond donors (Lipinski definition) is 0. The molecule has 0 aliphatic carbocycles. The first-order valence-electron chi connectivity index (χ1n) is 7.98. The van der Waals surface area contributed by atoms with Crippen molar-refractivity contribution in [3.63, 3.8) is 0 Å². The van der Waals surface area contributed by atoms with Gasteiger partial charge in [-0.05, 0) is 0 Å². The van der Waals surface area contributed by atoms with Gasteiger partial charge in [0, 0.05) is 0 Å². The van der Waals surface area contributed by atoms with Gasteiger partial charge in [-0.1, -0.05) is 0 Å². The van der Waals surface area contributed by atoms with Gasteiger partial charge >= 0.3 is 113 Å². The summed E-state index contributed by atoms with van der Waals surface area (Å²) in [6.07, 6.45) is 11.7. The standard InChI is InChI=1S/C16H36Se/c1-5-9-13-17(14-10-6-2,15-11-7-3)16-12-8-4/h5-16H2,1-4H3. The molecule has 0 aromatic rings. The molecule has 106 valence electrons. The van der Waals surface area contributed by atoms with E-state index in [0.717, 1.165) is 0 Å². The molecule has 0 bridgehead atoms. The van der Waals surface area contributed by atoms with E-state index in [1.165, 1.54) is 51.4 Å². The van der Waals surface area contributed by atoms with E-state index in [2.05, 4.69) is 27.7 Å². The minimum absolute atomic E-state index is 1.08. The van der Waals surface area contributed by atoms with E-state index in [9.17, 15) is 0 Å². The zero-order valence-electron chi connectivity index (χ0n) is 12.9. The first-order valence-corrected chi connectivity index (χ1v) is 12.8. The van der Waals surface area contributed by atoms with Crippen LogP contribution < -0.4 is 0 Å². The molecule has 0 spiro atoms. The van der Waals surface area contributed by atoms with Crippen LogP contribution in [0.2, 0.25) is 21.3 Å². The van der Waals surface area contributed by atoms with Crippen LogP contribution in [0.25, 0.3) is 0 Å². The molecular weight excluding hydrogens is 271 g/mol. The molecule has 0 saturated heterocycles. The minimum atomic E-state index is -1.08. The molecule has 0 nitrogen and oxygen atoms in total. The molecule has 17 heavy (non-hydrogen) atoms. The third-order valence-electron chi connectivity index (χ3n) is 3.72. The van der Waals surface area contributed by atoms with Crippen LogP contribution >= 0.6 is 0 Å². The maximum atomic E-state index is 2.36. The summed E-state index contributed by atoms with van der Waals surface area (Å²) in [5.41, 5.74) is 0. The van der Waals surface area contributed by atoms with Crippen LogP contribution in [0.1, 0.15) is 79.1 Å². The van der Waals surface area contributed by atoms with Gasteiger partial charge in [-0.15, -0.1) is 0 Å². The van der Waals surface area contributed by atoms with E-state index in [4.69, 9.17) is 0 Å². The van der Waals surface area contributed by atoms with Gasteiger partial charge in [0.2, 0.25) is 0 Å². The van der Waals surface area contributed by atoms with Gasteiger partial charge in [0.25, 0.3) is 0 Å². The molecule has 0 atom stereocenters. The van der Waals surface area contributed by atoms with Crippen LogP contribution in [0.3, 0.4) is 0 Å². The van der Waals surface area contributed by atoms with Crippen LogP contribution in [-0.2, 0) is 0 Å². The van der Waals surface area contributed by atoms with Crippen LogP contribution in [0, 0.1) is 0 Å². The van der Waals surface area contributed by atoms with Crippen LogP contribution in [0.4, 0.5) is 0 Å². The molecule has 0 aromatic carbocycles. The van der Waals surface area contributed by atoms with Crippen molar-refractivity contribution in [1.82, 2.24) is 0 Å². The predicted molar refractivity (Wildman–Crippen MR) is 84.6 cm³/mol. The Kier molecular flexibility index (Phi) is 12.0. The van der Waals surface area contributed by atoms with Gasteiger partial charge in [-0.25, -0.2) is 0 Å². The number of hydrogen-bond acceptors (Lipinski definition) is 0. The average molecular weight is 307 g/mol. The summed E-state index contributed by atoms with van der Waals surface area (Å²) in [5.74, 6) is 0. The van der Waals surface area contributed by atoms with Crippen molar-refractivity contribution >= 4 is 12.8 Å².